The number of carbonyl (C=O) groups excluding carboxylic acids is 1. The zero-order chi connectivity index (χ0) is 16.9. The highest BCUT2D eigenvalue weighted by molar-refractivity contribution is 6.04. The Kier molecular flexibility index (Phi) is 3.13. The van der Waals surface area contributed by atoms with E-state index in [0.29, 0.717) is 17.8 Å². The van der Waals surface area contributed by atoms with Gasteiger partial charge in [0, 0.05) is 25.2 Å². The van der Waals surface area contributed by atoms with E-state index in [0.717, 1.165) is 12.0 Å². The van der Waals surface area contributed by atoms with E-state index < -0.39 is 5.54 Å². The second-order valence-electron chi connectivity index (χ2n) is 6.49. The first kappa shape index (κ1) is 14.8. The fraction of sp³-hybridized carbons (Fsp3) is 0.263. The minimum absolute atomic E-state index is 0.0190. The summed E-state index contributed by atoms with van der Waals surface area (Å²) in [5, 5.41) is 9.99. The van der Waals surface area contributed by atoms with Crippen molar-refractivity contribution in [2.24, 2.45) is 4.99 Å². The number of aromatic hydroxyl groups is 1. The monoisotopic (exact) mass is 322 g/mol. The van der Waals surface area contributed by atoms with Gasteiger partial charge in [0.1, 0.15) is 0 Å². The average molecular weight is 322 g/mol. The second kappa shape index (κ2) is 5.09. The molecule has 1 atom stereocenters. The summed E-state index contributed by atoms with van der Waals surface area (Å²) in [7, 11) is 1.47. The number of aliphatic imine (C=N–C) groups is 1. The Morgan fingerprint density at radius 2 is 2.00 bits per heavy atom. The number of nitrogens with zero attached hydrogens (tertiary/aromatic N) is 2. The Bertz CT molecular complexity index is 875. The van der Waals surface area contributed by atoms with Gasteiger partial charge in [-0.25, -0.2) is 0 Å². The summed E-state index contributed by atoms with van der Waals surface area (Å²) in [6.07, 6.45) is 2.54. The molecule has 2 heterocycles. The Labute approximate surface area is 140 Å². The maximum atomic E-state index is 13.2. The van der Waals surface area contributed by atoms with Crippen LogP contribution in [0.3, 0.4) is 0 Å². The molecule has 1 unspecified atom stereocenters. The van der Waals surface area contributed by atoms with Crippen LogP contribution in [0, 0.1) is 0 Å². The number of phenols is 1. The van der Waals surface area contributed by atoms with Crippen LogP contribution >= 0.6 is 0 Å². The lowest BCUT2D eigenvalue weighted by Gasteiger charge is -2.42. The number of carbonyl (C=O) groups is 1. The number of phenolic OH excluding ortho intramolecular Hbond substituents is 1. The van der Waals surface area contributed by atoms with Crippen molar-refractivity contribution in [1.82, 2.24) is 4.90 Å². The average Bonchev–Trinajstić information content (AvgIpc) is 2.67. The summed E-state index contributed by atoms with van der Waals surface area (Å²) in [5.41, 5.74) is 2.82. The van der Waals surface area contributed by atoms with Crippen LogP contribution in [0.5, 0.6) is 11.5 Å². The standard InChI is InChI=1S/C19H18N2O3/c1-19-9-12-5-3-4-6-13(12)10-21(19)18(23)14-7-17(24-2)16(22)8-15(14)20-11-19/h3-8,11,22H,9-10H2,1-2H3. The molecular weight excluding hydrogens is 304 g/mol. The van der Waals surface area contributed by atoms with Gasteiger partial charge in [0.25, 0.3) is 5.91 Å². The molecule has 0 fully saturated rings. The number of benzene rings is 2. The lowest BCUT2D eigenvalue weighted by molar-refractivity contribution is 0.0594. The van der Waals surface area contributed by atoms with Gasteiger partial charge < -0.3 is 14.7 Å². The van der Waals surface area contributed by atoms with Gasteiger partial charge >= 0.3 is 0 Å². The molecular formula is C19H18N2O3. The van der Waals surface area contributed by atoms with Gasteiger partial charge in [0.15, 0.2) is 11.5 Å². The Morgan fingerprint density at radius 1 is 1.25 bits per heavy atom. The fourth-order valence-electron chi connectivity index (χ4n) is 3.49. The molecule has 0 aliphatic carbocycles. The topological polar surface area (TPSA) is 62.1 Å². The molecule has 0 radical (unpaired) electrons. The fourth-order valence-corrected chi connectivity index (χ4v) is 3.49. The molecule has 5 nitrogen and oxygen atoms in total. The first-order chi connectivity index (χ1) is 11.5. The smallest absolute Gasteiger partial charge is 0.257 e. The van der Waals surface area contributed by atoms with Gasteiger partial charge in [-0.05, 0) is 24.1 Å². The van der Waals surface area contributed by atoms with Crippen molar-refractivity contribution in [2.45, 2.75) is 25.4 Å². The lowest BCUT2D eigenvalue weighted by atomic mass is 9.84. The summed E-state index contributed by atoms with van der Waals surface area (Å²) >= 11 is 0. The molecule has 2 aromatic carbocycles. The number of hydrogen-bond acceptors (Lipinski definition) is 4. The van der Waals surface area contributed by atoms with Gasteiger partial charge in [-0.3, -0.25) is 9.79 Å². The molecule has 2 aliphatic rings. The summed E-state index contributed by atoms with van der Waals surface area (Å²) in [4.78, 5) is 19.5. The molecule has 0 saturated heterocycles. The molecule has 5 heteroatoms. The normalized spacial score (nSPS) is 21.6. The molecule has 0 spiro atoms. The van der Waals surface area contributed by atoms with Gasteiger partial charge in [0.05, 0.1) is 23.9 Å². The largest absolute Gasteiger partial charge is 0.504 e. The van der Waals surface area contributed by atoms with Crippen LogP contribution in [-0.2, 0) is 13.0 Å². The number of rotatable bonds is 1. The summed E-state index contributed by atoms with van der Waals surface area (Å²) in [6, 6.07) is 11.2. The van der Waals surface area contributed by atoms with E-state index >= 15 is 0 Å². The molecule has 0 bridgehead atoms. The van der Waals surface area contributed by atoms with E-state index in [1.165, 1.54) is 18.7 Å². The minimum atomic E-state index is -0.493. The zero-order valence-electron chi connectivity index (χ0n) is 13.6. The maximum Gasteiger partial charge on any atom is 0.257 e. The predicted molar refractivity (Wildman–Crippen MR) is 91.2 cm³/mol. The van der Waals surface area contributed by atoms with Gasteiger partial charge in [-0.15, -0.1) is 0 Å². The number of amides is 1. The third-order valence-corrected chi connectivity index (χ3v) is 4.87. The number of ether oxygens (including phenoxy) is 1. The molecule has 1 amide bonds. The third-order valence-electron chi connectivity index (χ3n) is 4.87. The Morgan fingerprint density at radius 3 is 2.75 bits per heavy atom. The lowest BCUT2D eigenvalue weighted by Crippen LogP contribution is -2.54. The summed E-state index contributed by atoms with van der Waals surface area (Å²) in [5.74, 6) is 0.158. The highest BCUT2D eigenvalue weighted by Gasteiger charge is 2.41. The van der Waals surface area contributed by atoms with Crippen molar-refractivity contribution in [3.05, 3.63) is 53.1 Å². The molecule has 1 N–H and O–H groups in total. The molecule has 2 aliphatic heterocycles. The van der Waals surface area contributed by atoms with Crippen LogP contribution in [-0.4, -0.2) is 34.8 Å². The molecule has 24 heavy (non-hydrogen) atoms. The molecule has 0 saturated carbocycles. The highest BCUT2D eigenvalue weighted by atomic mass is 16.5. The Balaban J connectivity index is 1.86. The maximum absolute atomic E-state index is 13.2. The van der Waals surface area contributed by atoms with Gasteiger partial charge in [-0.2, -0.15) is 0 Å². The summed E-state index contributed by atoms with van der Waals surface area (Å²) in [6.45, 7) is 2.56. The van der Waals surface area contributed by atoms with Gasteiger partial charge in [-0.1, -0.05) is 24.3 Å². The molecule has 122 valence electrons. The van der Waals surface area contributed by atoms with Crippen LogP contribution in [0.25, 0.3) is 0 Å². The zero-order valence-corrected chi connectivity index (χ0v) is 13.6. The van der Waals surface area contributed by atoms with Crippen LogP contribution in [0.1, 0.15) is 28.4 Å². The molecule has 2 aromatic rings. The third kappa shape index (κ3) is 2.08. The summed E-state index contributed by atoms with van der Waals surface area (Å²) < 4.78 is 5.15. The van der Waals surface area contributed by atoms with Crippen molar-refractivity contribution >= 4 is 17.8 Å². The van der Waals surface area contributed by atoms with Crippen molar-refractivity contribution in [1.29, 1.82) is 0 Å². The first-order valence-electron chi connectivity index (χ1n) is 7.87. The second-order valence-corrected chi connectivity index (χ2v) is 6.49. The van der Waals surface area contributed by atoms with E-state index in [4.69, 9.17) is 4.74 Å². The van der Waals surface area contributed by atoms with Crippen LogP contribution in [0.15, 0.2) is 41.4 Å². The van der Waals surface area contributed by atoms with E-state index in [-0.39, 0.29) is 17.4 Å². The minimum Gasteiger partial charge on any atom is -0.504 e. The van der Waals surface area contributed by atoms with Crippen LogP contribution < -0.4 is 4.74 Å². The number of fused-ring (bicyclic) bond motifs is 3. The van der Waals surface area contributed by atoms with Gasteiger partial charge in [0.2, 0.25) is 0 Å². The van der Waals surface area contributed by atoms with E-state index in [1.807, 2.05) is 30.2 Å². The Hall–Kier alpha value is -2.82. The van der Waals surface area contributed by atoms with E-state index in [9.17, 15) is 9.90 Å². The molecule has 4 rings (SSSR count). The highest BCUT2D eigenvalue weighted by Crippen LogP contribution is 2.40. The van der Waals surface area contributed by atoms with Crippen LogP contribution in [0.4, 0.5) is 5.69 Å². The van der Waals surface area contributed by atoms with E-state index in [2.05, 4.69) is 17.1 Å². The quantitative estimate of drug-likeness (QED) is 0.877. The number of methoxy groups -OCH3 is 1. The van der Waals surface area contributed by atoms with Crippen molar-refractivity contribution in [2.75, 3.05) is 7.11 Å². The molecule has 0 aromatic heterocycles. The van der Waals surface area contributed by atoms with Crippen LogP contribution in [0.2, 0.25) is 0 Å². The SMILES string of the molecule is COc1cc2c(cc1O)N=CC1(C)Cc3ccccc3CN1C2=O. The van der Waals surface area contributed by atoms with Crippen molar-refractivity contribution in [3.63, 3.8) is 0 Å². The predicted octanol–water partition coefficient (Wildman–Crippen LogP) is 3.07. The number of hydrogen-bond donors (Lipinski definition) is 1. The first-order valence-corrected chi connectivity index (χ1v) is 7.87. The van der Waals surface area contributed by atoms with Crippen molar-refractivity contribution < 1.29 is 14.6 Å². The van der Waals surface area contributed by atoms with Crippen molar-refractivity contribution in [3.8, 4) is 11.5 Å². The van der Waals surface area contributed by atoms with E-state index in [1.54, 1.807) is 6.07 Å².